The summed E-state index contributed by atoms with van der Waals surface area (Å²) in [4.78, 5) is 0. The molecule has 0 saturated carbocycles. The van der Waals surface area contributed by atoms with Crippen LogP contribution in [0.2, 0.25) is 0 Å². The molecule has 1 aromatic heterocycles. The Morgan fingerprint density at radius 3 is 2.36 bits per heavy atom. The van der Waals surface area contributed by atoms with Crippen molar-refractivity contribution in [1.82, 2.24) is 10.2 Å². The normalized spacial score (nSPS) is 12.2. The van der Waals surface area contributed by atoms with E-state index < -0.39 is 0 Å². The van der Waals surface area contributed by atoms with Gasteiger partial charge >= 0.3 is 0 Å². The molecule has 3 aromatic rings. The van der Waals surface area contributed by atoms with Gasteiger partial charge in [0.2, 0.25) is 5.89 Å². The van der Waals surface area contributed by atoms with Crippen molar-refractivity contribution < 1.29 is 4.42 Å². The lowest BCUT2D eigenvalue weighted by atomic mass is 10.1. The Hall–Kier alpha value is -2.07. The van der Waals surface area contributed by atoms with Gasteiger partial charge in [-0.15, -0.1) is 10.2 Å². The number of nitrogens with zero attached hydrogens (tertiary/aromatic N) is 2. The Labute approximate surface area is 134 Å². The molecule has 0 spiro atoms. The molecule has 0 aliphatic rings. The molecule has 0 aliphatic heterocycles. The molecule has 22 heavy (non-hydrogen) atoms. The fourth-order valence-corrected chi connectivity index (χ4v) is 3.00. The van der Waals surface area contributed by atoms with Crippen molar-refractivity contribution >= 4 is 11.8 Å². The Kier molecular flexibility index (Phi) is 4.91. The predicted molar refractivity (Wildman–Crippen MR) is 89.8 cm³/mol. The van der Waals surface area contributed by atoms with E-state index in [2.05, 4.69) is 41.4 Å². The van der Waals surface area contributed by atoms with Crippen molar-refractivity contribution in [1.29, 1.82) is 0 Å². The Bertz CT molecular complexity index is 697. The van der Waals surface area contributed by atoms with Gasteiger partial charge in [-0.3, -0.25) is 0 Å². The zero-order valence-corrected chi connectivity index (χ0v) is 13.3. The molecular formula is C18H18N2OS. The highest BCUT2D eigenvalue weighted by atomic mass is 32.2. The maximum atomic E-state index is 5.73. The van der Waals surface area contributed by atoms with Crippen LogP contribution < -0.4 is 0 Å². The molecule has 3 rings (SSSR count). The third-order valence-electron chi connectivity index (χ3n) is 3.41. The molecule has 0 fully saturated rings. The molecule has 0 aliphatic carbocycles. The fourth-order valence-electron chi connectivity index (χ4n) is 2.20. The van der Waals surface area contributed by atoms with Gasteiger partial charge in [-0.25, -0.2) is 0 Å². The van der Waals surface area contributed by atoms with Gasteiger partial charge in [-0.2, -0.15) is 0 Å². The van der Waals surface area contributed by atoms with E-state index in [0.717, 1.165) is 18.4 Å². The second-order valence-electron chi connectivity index (χ2n) is 5.19. The number of rotatable bonds is 6. The molecule has 4 heteroatoms. The van der Waals surface area contributed by atoms with Crippen molar-refractivity contribution in [2.24, 2.45) is 0 Å². The summed E-state index contributed by atoms with van der Waals surface area (Å²) in [5.74, 6) is 0.582. The first-order chi connectivity index (χ1) is 10.8. The van der Waals surface area contributed by atoms with Crippen LogP contribution in [-0.4, -0.2) is 15.4 Å². The second-order valence-corrected chi connectivity index (χ2v) is 6.58. The summed E-state index contributed by atoms with van der Waals surface area (Å²) in [6.45, 7) is 2.19. The number of thioether (sulfide) groups is 1. The lowest BCUT2D eigenvalue weighted by Gasteiger charge is -2.07. The van der Waals surface area contributed by atoms with Crippen molar-refractivity contribution in [2.75, 3.05) is 0 Å². The molecule has 3 nitrogen and oxygen atoms in total. The van der Waals surface area contributed by atoms with E-state index in [0.29, 0.717) is 16.4 Å². The van der Waals surface area contributed by atoms with Crippen molar-refractivity contribution in [3.63, 3.8) is 0 Å². The monoisotopic (exact) mass is 310 g/mol. The SMILES string of the molecule is CC(CCc1ccccc1)Sc1nnc(-c2ccccc2)o1. The Morgan fingerprint density at radius 2 is 1.64 bits per heavy atom. The van der Waals surface area contributed by atoms with E-state index in [-0.39, 0.29) is 0 Å². The van der Waals surface area contributed by atoms with Crippen LogP contribution in [0.15, 0.2) is 70.3 Å². The quantitative estimate of drug-likeness (QED) is 0.610. The summed E-state index contributed by atoms with van der Waals surface area (Å²) in [5, 5.41) is 9.33. The average Bonchev–Trinajstić information content (AvgIpc) is 3.03. The molecule has 0 amide bonds. The molecule has 1 unspecified atom stereocenters. The largest absolute Gasteiger partial charge is 0.411 e. The third kappa shape index (κ3) is 3.98. The summed E-state index contributed by atoms with van der Waals surface area (Å²) in [5.41, 5.74) is 2.32. The smallest absolute Gasteiger partial charge is 0.277 e. The molecule has 2 aromatic carbocycles. The highest BCUT2D eigenvalue weighted by Crippen LogP contribution is 2.27. The van der Waals surface area contributed by atoms with Gasteiger partial charge in [-0.05, 0) is 30.5 Å². The van der Waals surface area contributed by atoms with Gasteiger partial charge in [0.1, 0.15) is 0 Å². The molecule has 1 atom stereocenters. The number of aryl methyl sites for hydroxylation is 1. The fraction of sp³-hybridized carbons (Fsp3) is 0.222. The van der Waals surface area contributed by atoms with Gasteiger partial charge in [0.25, 0.3) is 5.22 Å². The zero-order valence-electron chi connectivity index (χ0n) is 12.5. The molecule has 0 radical (unpaired) electrons. The standard InChI is InChI=1S/C18H18N2OS/c1-14(12-13-15-8-4-2-5-9-15)22-18-20-19-17(21-18)16-10-6-3-7-11-16/h2-11,14H,12-13H2,1H3. The molecule has 0 saturated heterocycles. The van der Waals surface area contributed by atoms with Crippen LogP contribution in [0.4, 0.5) is 0 Å². The van der Waals surface area contributed by atoms with Crippen LogP contribution in [0.1, 0.15) is 18.9 Å². The minimum absolute atomic E-state index is 0.435. The lowest BCUT2D eigenvalue weighted by Crippen LogP contribution is -1.98. The predicted octanol–water partition coefficient (Wildman–Crippen LogP) is 4.85. The van der Waals surface area contributed by atoms with Gasteiger partial charge in [0, 0.05) is 10.8 Å². The molecular weight excluding hydrogens is 292 g/mol. The highest BCUT2D eigenvalue weighted by molar-refractivity contribution is 7.99. The van der Waals surface area contributed by atoms with E-state index >= 15 is 0 Å². The molecule has 0 N–H and O–H groups in total. The summed E-state index contributed by atoms with van der Waals surface area (Å²) in [7, 11) is 0. The lowest BCUT2D eigenvalue weighted by molar-refractivity contribution is 0.464. The van der Waals surface area contributed by atoms with E-state index in [1.54, 1.807) is 11.8 Å². The average molecular weight is 310 g/mol. The highest BCUT2D eigenvalue weighted by Gasteiger charge is 2.12. The second kappa shape index (κ2) is 7.27. The van der Waals surface area contributed by atoms with Crippen LogP contribution >= 0.6 is 11.8 Å². The first-order valence-corrected chi connectivity index (χ1v) is 8.29. The van der Waals surface area contributed by atoms with E-state index in [1.807, 2.05) is 36.4 Å². The summed E-state index contributed by atoms with van der Waals surface area (Å²) >= 11 is 1.64. The van der Waals surface area contributed by atoms with Crippen molar-refractivity contribution in [3.8, 4) is 11.5 Å². The maximum Gasteiger partial charge on any atom is 0.277 e. The first-order valence-electron chi connectivity index (χ1n) is 7.41. The third-order valence-corrected chi connectivity index (χ3v) is 4.42. The molecule has 1 heterocycles. The minimum Gasteiger partial charge on any atom is -0.411 e. The van der Waals surface area contributed by atoms with Crippen LogP contribution in [0.3, 0.4) is 0 Å². The van der Waals surface area contributed by atoms with Gasteiger partial charge < -0.3 is 4.42 Å². The summed E-state index contributed by atoms with van der Waals surface area (Å²) < 4.78 is 5.73. The van der Waals surface area contributed by atoms with E-state index in [4.69, 9.17) is 4.42 Å². The van der Waals surface area contributed by atoms with Crippen molar-refractivity contribution in [2.45, 2.75) is 30.2 Å². The van der Waals surface area contributed by atoms with E-state index in [9.17, 15) is 0 Å². The topological polar surface area (TPSA) is 38.9 Å². The number of hydrogen-bond acceptors (Lipinski definition) is 4. The number of benzene rings is 2. The minimum atomic E-state index is 0.435. The Morgan fingerprint density at radius 1 is 0.955 bits per heavy atom. The van der Waals surface area contributed by atoms with Crippen LogP contribution in [0, 0.1) is 0 Å². The number of hydrogen-bond donors (Lipinski definition) is 0. The summed E-state index contributed by atoms with van der Waals surface area (Å²) in [6, 6.07) is 20.4. The molecule has 0 bridgehead atoms. The van der Waals surface area contributed by atoms with Gasteiger partial charge in [0.05, 0.1) is 0 Å². The summed E-state index contributed by atoms with van der Waals surface area (Å²) in [6.07, 6.45) is 2.15. The Balaban J connectivity index is 1.56. The maximum absolute atomic E-state index is 5.73. The van der Waals surface area contributed by atoms with E-state index in [1.165, 1.54) is 5.56 Å². The molecule has 112 valence electrons. The van der Waals surface area contributed by atoms with Crippen LogP contribution in [0.25, 0.3) is 11.5 Å². The van der Waals surface area contributed by atoms with Gasteiger partial charge in [-0.1, -0.05) is 67.2 Å². The number of aromatic nitrogens is 2. The van der Waals surface area contributed by atoms with Crippen LogP contribution in [-0.2, 0) is 6.42 Å². The first kappa shape index (κ1) is 14.9. The van der Waals surface area contributed by atoms with Crippen molar-refractivity contribution in [3.05, 3.63) is 66.2 Å². The zero-order chi connectivity index (χ0) is 15.2. The van der Waals surface area contributed by atoms with Crippen LogP contribution in [0.5, 0.6) is 0 Å². The van der Waals surface area contributed by atoms with Gasteiger partial charge in [0.15, 0.2) is 0 Å².